The third kappa shape index (κ3) is 4.91. The van der Waals surface area contributed by atoms with Gasteiger partial charge in [-0.2, -0.15) is 0 Å². The van der Waals surface area contributed by atoms with Crippen LogP contribution in [0.2, 0.25) is 0 Å². The number of aryl methyl sites for hydroxylation is 1. The van der Waals surface area contributed by atoms with Gasteiger partial charge in [0.05, 0.1) is 31.0 Å². The number of hydrogen-bond donors (Lipinski definition) is 1. The summed E-state index contributed by atoms with van der Waals surface area (Å²) in [5.74, 6) is -1.43. The molecule has 0 aliphatic heterocycles. The summed E-state index contributed by atoms with van der Waals surface area (Å²) in [6.07, 6.45) is 0.810. The Hall–Kier alpha value is -3.15. The highest BCUT2D eigenvalue weighted by Crippen LogP contribution is 2.20. The number of methoxy groups -OCH3 is 2. The Morgan fingerprint density at radius 3 is 2.24 bits per heavy atom. The van der Waals surface area contributed by atoms with Gasteiger partial charge in [0, 0.05) is 6.42 Å². The Morgan fingerprint density at radius 2 is 1.60 bits per heavy atom. The molecule has 0 bridgehead atoms. The zero-order valence-electron chi connectivity index (χ0n) is 14.1. The molecule has 0 aromatic heterocycles. The van der Waals surface area contributed by atoms with Crippen LogP contribution in [0, 0.1) is 0 Å². The molecule has 0 heterocycles. The van der Waals surface area contributed by atoms with Crippen LogP contribution in [0.4, 0.5) is 5.69 Å². The topological polar surface area (TPSA) is 81.7 Å². The minimum atomic E-state index is -0.602. The molecule has 25 heavy (non-hydrogen) atoms. The van der Waals surface area contributed by atoms with Gasteiger partial charge in [0.25, 0.3) is 0 Å². The number of carbonyl (C=O) groups excluding carboxylic acids is 3. The third-order valence-electron chi connectivity index (χ3n) is 3.60. The summed E-state index contributed by atoms with van der Waals surface area (Å²) >= 11 is 0. The molecule has 2 aromatic carbocycles. The Kier molecular flexibility index (Phi) is 6.28. The van der Waals surface area contributed by atoms with Crippen molar-refractivity contribution in [2.24, 2.45) is 0 Å². The molecule has 0 spiro atoms. The Labute approximate surface area is 145 Å². The van der Waals surface area contributed by atoms with E-state index in [-0.39, 0.29) is 29.1 Å². The normalized spacial score (nSPS) is 10.0. The van der Waals surface area contributed by atoms with E-state index in [1.54, 1.807) is 0 Å². The van der Waals surface area contributed by atoms with Crippen LogP contribution in [0.3, 0.4) is 0 Å². The molecule has 2 aromatic rings. The predicted molar refractivity (Wildman–Crippen MR) is 92.5 cm³/mol. The maximum absolute atomic E-state index is 12.2. The number of benzene rings is 2. The molecule has 6 heteroatoms. The Balaban J connectivity index is 2.15. The summed E-state index contributed by atoms with van der Waals surface area (Å²) in [5.41, 5.74) is 1.65. The van der Waals surface area contributed by atoms with Crippen LogP contribution in [0.15, 0.2) is 48.5 Å². The number of rotatable bonds is 6. The molecule has 0 unspecified atom stereocenters. The molecule has 0 aliphatic carbocycles. The van der Waals surface area contributed by atoms with E-state index in [2.05, 4.69) is 10.1 Å². The second-order valence-electron chi connectivity index (χ2n) is 5.28. The van der Waals surface area contributed by atoms with Crippen molar-refractivity contribution in [1.29, 1.82) is 0 Å². The molecule has 1 amide bonds. The lowest BCUT2D eigenvalue weighted by atomic mass is 10.1. The van der Waals surface area contributed by atoms with Crippen LogP contribution in [0.5, 0.6) is 0 Å². The van der Waals surface area contributed by atoms with Crippen LogP contribution >= 0.6 is 0 Å². The third-order valence-corrected chi connectivity index (χ3v) is 3.60. The van der Waals surface area contributed by atoms with E-state index in [1.807, 2.05) is 30.3 Å². The van der Waals surface area contributed by atoms with Gasteiger partial charge in [-0.3, -0.25) is 4.79 Å². The van der Waals surface area contributed by atoms with Crippen molar-refractivity contribution >= 4 is 23.5 Å². The van der Waals surface area contributed by atoms with Crippen molar-refractivity contribution in [3.05, 3.63) is 65.2 Å². The molecule has 0 saturated carbocycles. The van der Waals surface area contributed by atoms with Gasteiger partial charge in [-0.25, -0.2) is 9.59 Å². The maximum atomic E-state index is 12.2. The fourth-order valence-corrected chi connectivity index (χ4v) is 2.30. The summed E-state index contributed by atoms with van der Waals surface area (Å²) in [7, 11) is 2.51. The first-order valence-corrected chi connectivity index (χ1v) is 7.69. The number of carbonyl (C=O) groups is 3. The summed E-state index contributed by atoms with van der Waals surface area (Å²) in [6, 6.07) is 13.9. The maximum Gasteiger partial charge on any atom is 0.339 e. The number of amides is 1. The summed E-state index contributed by atoms with van der Waals surface area (Å²) in [6.45, 7) is 0. The van der Waals surface area contributed by atoms with Crippen molar-refractivity contribution in [3.8, 4) is 0 Å². The van der Waals surface area contributed by atoms with Gasteiger partial charge in [-0.1, -0.05) is 30.3 Å². The number of nitrogens with one attached hydrogen (secondary N) is 1. The van der Waals surface area contributed by atoms with Crippen molar-refractivity contribution in [3.63, 3.8) is 0 Å². The van der Waals surface area contributed by atoms with Crippen molar-refractivity contribution < 1.29 is 23.9 Å². The van der Waals surface area contributed by atoms with Crippen molar-refractivity contribution in [2.75, 3.05) is 19.5 Å². The Bertz CT molecular complexity index is 771. The largest absolute Gasteiger partial charge is 0.465 e. The fraction of sp³-hybridized carbons (Fsp3) is 0.211. The first kappa shape index (κ1) is 18.2. The lowest BCUT2D eigenvalue weighted by molar-refractivity contribution is -0.116. The molecule has 0 radical (unpaired) electrons. The summed E-state index contributed by atoms with van der Waals surface area (Å²) < 4.78 is 9.37. The molecular formula is C19H19NO5. The second-order valence-corrected chi connectivity index (χ2v) is 5.28. The number of anilines is 1. The zero-order chi connectivity index (χ0) is 18.2. The van der Waals surface area contributed by atoms with E-state index in [1.165, 1.54) is 32.4 Å². The highest BCUT2D eigenvalue weighted by molar-refractivity contribution is 6.03. The average Bonchev–Trinajstić information content (AvgIpc) is 2.65. The molecule has 2 rings (SSSR count). The average molecular weight is 341 g/mol. The van der Waals surface area contributed by atoms with Gasteiger partial charge in [0.1, 0.15) is 0 Å². The van der Waals surface area contributed by atoms with Crippen LogP contribution < -0.4 is 5.32 Å². The SMILES string of the molecule is COC(=O)c1ccc(C(=O)OC)c(NC(=O)CCc2ccccc2)c1. The van der Waals surface area contributed by atoms with E-state index in [9.17, 15) is 14.4 Å². The number of hydrogen-bond acceptors (Lipinski definition) is 5. The smallest absolute Gasteiger partial charge is 0.339 e. The molecule has 0 atom stereocenters. The lowest BCUT2D eigenvalue weighted by Gasteiger charge is -2.11. The van der Waals surface area contributed by atoms with E-state index in [0.29, 0.717) is 6.42 Å². The fourth-order valence-electron chi connectivity index (χ4n) is 2.30. The molecule has 6 nitrogen and oxygen atoms in total. The molecular weight excluding hydrogens is 322 g/mol. The van der Waals surface area contributed by atoms with Crippen LogP contribution in [0.1, 0.15) is 32.7 Å². The monoisotopic (exact) mass is 341 g/mol. The summed E-state index contributed by atoms with van der Waals surface area (Å²) in [5, 5.41) is 2.67. The van der Waals surface area contributed by atoms with E-state index in [4.69, 9.17) is 4.74 Å². The highest BCUT2D eigenvalue weighted by atomic mass is 16.5. The lowest BCUT2D eigenvalue weighted by Crippen LogP contribution is -2.16. The first-order valence-electron chi connectivity index (χ1n) is 7.69. The van der Waals surface area contributed by atoms with Gasteiger partial charge in [0.2, 0.25) is 5.91 Å². The molecule has 0 aliphatic rings. The number of esters is 2. The molecule has 0 fully saturated rings. The molecule has 1 N–H and O–H groups in total. The van der Waals surface area contributed by atoms with Crippen LogP contribution in [-0.4, -0.2) is 32.1 Å². The van der Waals surface area contributed by atoms with Gasteiger partial charge in [0.15, 0.2) is 0 Å². The standard InChI is InChI=1S/C19H19NO5/c1-24-18(22)14-9-10-15(19(23)25-2)16(12-14)20-17(21)11-8-13-6-4-3-5-7-13/h3-7,9-10,12H,8,11H2,1-2H3,(H,20,21). The zero-order valence-corrected chi connectivity index (χ0v) is 14.1. The van der Waals surface area contributed by atoms with Crippen LogP contribution in [-0.2, 0) is 20.7 Å². The highest BCUT2D eigenvalue weighted by Gasteiger charge is 2.17. The van der Waals surface area contributed by atoms with Gasteiger partial charge in [-0.15, -0.1) is 0 Å². The Morgan fingerprint density at radius 1 is 0.920 bits per heavy atom. The van der Waals surface area contributed by atoms with E-state index < -0.39 is 11.9 Å². The number of ether oxygens (including phenoxy) is 2. The molecule has 130 valence electrons. The van der Waals surface area contributed by atoms with Gasteiger partial charge in [-0.05, 0) is 30.2 Å². The predicted octanol–water partition coefficient (Wildman–Crippen LogP) is 2.83. The van der Waals surface area contributed by atoms with E-state index in [0.717, 1.165) is 5.56 Å². The van der Waals surface area contributed by atoms with Crippen molar-refractivity contribution in [1.82, 2.24) is 0 Å². The van der Waals surface area contributed by atoms with Crippen LogP contribution in [0.25, 0.3) is 0 Å². The minimum absolute atomic E-state index is 0.170. The first-order chi connectivity index (χ1) is 12.0. The van der Waals surface area contributed by atoms with Gasteiger partial charge >= 0.3 is 11.9 Å². The van der Waals surface area contributed by atoms with Crippen molar-refractivity contribution in [2.45, 2.75) is 12.8 Å². The van der Waals surface area contributed by atoms with E-state index >= 15 is 0 Å². The van der Waals surface area contributed by atoms with Gasteiger partial charge < -0.3 is 14.8 Å². The minimum Gasteiger partial charge on any atom is -0.465 e. The summed E-state index contributed by atoms with van der Waals surface area (Å²) in [4.78, 5) is 35.7. The quantitative estimate of drug-likeness (QED) is 0.817. The molecule has 0 saturated heterocycles. The second kappa shape index (κ2) is 8.63.